The van der Waals surface area contributed by atoms with E-state index in [0.29, 0.717) is 5.41 Å². The molecule has 0 bridgehead atoms. The van der Waals surface area contributed by atoms with Gasteiger partial charge in [-0.15, -0.1) is 0 Å². The number of aromatic nitrogens is 2. The van der Waals surface area contributed by atoms with Gasteiger partial charge < -0.3 is 24.6 Å². The fraction of sp³-hybridized carbons (Fsp3) is 0.692. The van der Waals surface area contributed by atoms with E-state index in [9.17, 15) is 27.6 Å². The standard InChI is InChI=1S/C26H44N4O10SSi2/c1-15-13-30(23(34)29(8)20(15)33)21-17(38-42(9,10)24(2,3)4)26(22(37-21)39-43(11,12)25(5,6)7)16(14-41(35,36)40-26)28-19(32)18(27)31/h13-14,17,21-22H,1-12H3,(H2,27,31)(H,28,32)/t17?,21-,22?,26?/m1/s1. The summed E-state index contributed by atoms with van der Waals surface area (Å²) in [7, 11) is -8.91. The number of hydrogen-bond acceptors (Lipinski definition) is 10. The molecule has 0 radical (unpaired) electrons. The second-order valence-corrected chi connectivity index (χ2v) is 25.0. The van der Waals surface area contributed by atoms with E-state index >= 15 is 0 Å². The van der Waals surface area contributed by atoms with Crippen molar-refractivity contribution >= 4 is 38.6 Å². The molecule has 17 heteroatoms. The molecule has 242 valence electrons. The molecule has 2 aliphatic heterocycles. The number of nitrogens with two attached hydrogens (primary N) is 1. The largest absolute Gasteiger partial charge is 0.406 e. The Morgan fingerprint density at radius 1 is 1.02 bits per heavy atom. The smallest absolute Gasteiger partial charge is 0.332 e. The summed E-state index contributed by atoms with van der Waals surface area (Å²) < 4.78 is 54.2. The van der Waals surface area contributed by atoms with E-state index in [0.717, 1.165) is 9.13 Å². The van der Waals surface area contributed by atoms with Crippen molar-refractivity contribution in [1.82, 2.24) is 14.5 Å². The number of rotatable bonds is 6. The third kappa shape index (κ3) is 6.25. The molecule has 43 heavy (non-hydrogen) atoms. The minimum Gasteiger partial charge on any atom is -0.406 e. The summed E-state index contributed by atoms with van der Waals surface area (Å²) in [4.78, 5) is 50.5. The topological polar surface area (TPSA) is 187 Å². The van der Waals surface area contributed by atoms with Crippen LogP contribution in [0.25, 0.3) is 0 Å². The molecule has 0 aromatic carbocycles. The summed E-state index contributed by atoms with van der Waals surface area (Å²) in [5, 5.41) is 2.11. The van der Waals surface area contributed by atoms with Gasteiger partial charge in [-0.2, -0.15) is 8.42 Å². The summed E-state index contributed by atoms with van der Waals surface area (Å²) in [6, 6.07) is 0. The van der Waals surface area contributed by atoms with Crippen molar-refractivity contribution < 1.29 is 35.8 Å². The average Bonchev–Trinajstić information content (AvgIpc) is 3.25. The van der Waals surface area contributed by atoms with E-state index in [1.807, 2.05) is 67.7 Å². The first kappa shape index (κ1) is 35.1. The Morgan fingerprint density at radius 3 is 2.02 bits per heavy atom. The van der Waals surface area contributed by atoms with Gasteiger partial charge in [0.2, 0.25) is 5.60 Å². The fourth-order valence-corrected chi connectivity index (χ4v) is 7.88. The van der Waals surface area contributed by atoms with E-state index in [1.54, 1.807) is 0 Å². The predicted octanol–water partition coefficient (Wildman–Crippen LogP) is 1.66. The monoisotopic (exact) mass is 660 g/mol. The van der Waals surface area contributed by atoms with Crippen molar-refractivity contribution in [2.45, 2.75) is 109 Å². The van der Waals surface area contributed by atoms with Crippen molar-refractivity contribution in [3.63, 3.8) is 0 Å². The van der Waals surface area contributed by atoms with Crippen LogP contribution in [-0.4, -0.2) is 64.0 Å². The highest BCUT2D eigenvalue weighted by Gasteiger charge is 2.70. The molecule has 4 atom stereocenters. The van der Waals surface area contributed by atoms with Crippen LogP contribution in [0.15, 0.2) is 26.9 Å². The first-order chi connectivity index (χ1) is 19.2. The summed E-state index contributed by atoms with van der Waals surface area (Å²) in [5.41, 5.74) is 1.52. The second kappa shape index (κ2) is 10.9. The first-order valence-corrected chi connectivity index (χ1v) is 21.1. The number of ether oxygens (including phenoxy) is 1. The van der Waals surface area contributed by atoms with Crippen molar-refractivity contribution in [3.05, 3.63) is 43.7 Å². The summed E-state index contributed by atoms with van der Waals surface area (Å²) in [6.45, 7) is 20.9. The van der Waals surface area contributed by atoms with Crippen LogP contribution in [0.5, 0.6) is 0 Å². The maximum Gasteiger partial charge on any atom is 0.332 e. The average molecular weight is 661 g/mol. The van der Waals surface area contributed by atoms with Gasteiger partial charge in [0, 0.05) is 18.8 Å². The molecule has 1 aromatic rings. The lowest BCUT2D eigenvalue weighted by Gasteiger charge is -2.45. The Bertz CT molecular complexity index is 1580. The van der Waals surface area contributed by atoms with Crippen LogP contribution in [0.2, 0.25) is 36.3 Å². The minimum atomic E-state index is -4.53. The van der Waals surface area contributed by atoms with E-state index in [4.69, 9.17) is 23.5 Å². The molecule has 0 saturated carbocycles. The van der Waals surface area contributed by atoms with Gasteiger partial charge in [0.1, 0.15) is 6.10 Å². The molecule has 1 aromatic heterocycles. The molecule has 3 unspecified atom stereocenters. The lowest BCUT2D eigenvalue weighted by molar-refractivity contribution is -0.150. The summed E-state index contributed by atoms with van der Waals surface area (Å²) in [6.07, 6.45) is -3.10. The Hall–Kier alpha value is -2.42. The highest BCUT2D eigenvalue weighted by atomic mass is 32.2. The van der Waals surface area contributed by atoms with Crippen LogP contribution >= 0.6 is 0 Å². The predicted molar refractivity (Wildman–Crippen MR) is 163 cm³/mol. The normalized spacial score (nSPS) is 26.0. The van der Waals surface area contributed by atoms with E-state index in [2.05, 4.69) is 5.32 Å². The molecule has 3 heterocycles. The molecule has 1 fully saturated rings. The number of aryl methyl sites for hydroxylation is 1. The van der Waals surface area contributed by atoms with Crippen molar-refractivity contribution in [2.75, 3.05) is 0 Å². The van der Waals surface area contributed by atoms with Gasteiger partial charge in [-0.05, 0) is 43.2 Å². The number of hydrogen-bond donors (Lipinski definition) is 2. The molecule has 0 aliphatic carbocycles. The Morgan fingerprint density at radius 2 is 1.53 bits per heavy atom. The van der Waals surface area contributed by atoms with Crippen LogP contribution in [0.1, 0.15) is 53.3 Å². The van der Waals surface area contributed by atoms with Crippen molar-refractivity contribution in [2.24, 2.45) is 12.8 Å². The van der Waals surface area contributed by atoms with E-state index < -0.39 is 84.1 Å². The summed E-state index contributed by atoms with van der Waals surface area (Å²) in [5.74, 6) is -2.67. The molecule has 2 aliphatic rings. The number of carbonyl (C=O) groups excluding carboxylic acids is 2. The van der Waals surface area contributed by atoms with Crippen LogP contribution in [-0.2, 0) is 44.5 Å². The van der Waals surface area contributed by atoms with Gasteiger partial charge in [-0.3, -0.25) is 23.5 Å². The van der Waals surface area contributed by atoms with E-state index in [-0.39, 0.29) is 11.3 Å². The third-order valence-corrected chi connectivity index (χ3v) is 18.8. The van der Waals surface area contributed by atoms with Crippen LogP contribution in [0.4, 0.5) is 0 Å². The van der Waals surface area contributed by atoms with Crippen molar-refractivity contribution in [3.8, 4) is 0 Å². The molecule has 1 spiro atoms. The second-order valence-electron chi connectivity index (χ2n) is 14.1. The zero-order valence-corrected chi connectivity index (χ0v) is 29.7. The molecular weight excluding hydrogens is 617 g/mol. The number of amides is 2. The van der Waals surface area contributed by atoms with Gasteiger partial charge >= 0.3 is 17.5 Å². The molecular formula is C26H44N4O10SSi2. The molecule has 3 N–H and O–H groups in total. The highest BCUT2D eigenvalue weighted by molar-refractivity contribution is 7.90. The molecule has 1 saturated heterocycles. The molecule has 3 rings (SSSR count). The van der Waals surface area contributed by atoms with Crippen LogP contribution in [0, 0.1) is 6.92 Å². The first-order valence-electron chi connectivity index (χ1n) is 13.8. The van der Waals surface area contributed by atoms with Gasteiger partial charge in [-0.25, -0.2) is 8.98 Å². The van der Waals surface area contributed by atoms with Gasteiger partial charge in [0.15, 0.2) is 29.2 Å². The fourth-order valence-electron chi connectivity index (χ4n) is 4.26. The number of nitrogens with one attached hydrogen (secondary N) is 1. The zero-order chi connectivity index (χ0) is 33.3. The SMILES string of the molecule is Cc1cn([C@@H]2OC(O[Si](C)(C)C(C)(C)C)C3(OS(=O)(=O)C=C3NC(=O)C(N)=O)C2O[Si](C)(C)C(C)(C)C)c(=O)n(C)c1=O. The maximum absolute atomic E-state index is 13.5. The van der Waals surface area contributed by atoms with Crippen LogP contribution in [0.3, 0.4) is 0 Å². The number of nitrogens with zero attached hydrogens (tertiary/aromatic N) is 2. The zero-order valence-electron chi connectivity index (χ0n) is 26.8. The molecule has 2 amide bonds. The Labute approximate surface area is 253 Å². The number of primary amides is 1. The Kier molecular flexibility index (Phi) is 8.88. The van der Waals surface area contributed by atoms with Gasteiger partial charge in [0.05, 0.1) is 11.1 Å². The lowest BCUT2D eigenvalue weighted by atomic mass is 9.93. The Balaban J connectivity index is 2.44. The van der Waals surface area contributed by atoms with Crippen molar-refractivity contribution in [1.29, 1.82) is 0 Å². The van der Waals surface area contributed by atoms with Gasteiger partial charge in [0.25, 0.3) is 15.7 Å². The van der Waals surface area contributed by atoms with Crippen LogP contribution < -0.4 is 22.3 Å². The summed E-state index contributed by atoms with van der Waals surface area (Å²) >= 11 is 0. The third-order valence-electron chi connectivity index (χ3n) is 8.90. The minimum absolute atomic E-state index is 0.206. The highest BCUT2D eigenvalue weighted by Crippen LogP contribution is 2.54. The maximum atomic E-state index is 13.5. The lowest BCUT2D eigenvalue weighted by Crippen LogP contribution is -2.61. The number of carbonyl (C=O) groups is 2. The van der Waals surface area contributed by atoms with E-state index in [1.165, 1.54) is 20.2 Å². The van der Waals surface area contributed by atoms with Gasteiger partial charge in [-0.1, -0.05) is 41.5 Å². The quantitative estimate of drug-likeness (QED) is 0.258. The molecule has 14 nitrogen and oxygen atoms in total.